The highest BCUT2D eigenvalue weighted by Gasteiger charge is 2.25. The van der Waals surface area contributed by atoms with E-state index in [0.717, 1.165) is 0 Å². The van der Waals surface area contributed by atoms with Gasteiger partial charge in [-0.1, -0.05) is 0 Å². The van der Waals surface area contributed by atoms with Gasteiger partial charge in [0, 0.05) is 0 Å². The molecule has 0 radical (unpaired) electrons. The van der Waals surface area contributed by atoms with Gasteiger partial charge in [0.15, 0.2) is 0 Å². The molecule has 0 unspecified atom stereocenters. The highest BCUT2D eigenvalue weighted by atomic mass is 35.8. The highest BCUT2D eigenvalue weighted by molar-refractivity contribution is 7.65. The minimum Gasteiger partial charge on any atom is -0.434 e. The van der Waals surface area contributed by atoms with Crippen molar-refractivity contribution in [1.82, 2.24) is 0 Å². The zero-order valence-corrected chi connectivity index (χ0v) is 15.8. The fourth-order valence-corrected chi connectivity index (χ4v) is 4.39. The van der Waals surface area contributed by atoms with E-state index in [2.05, 4.69) is 0 Å². The number of rotatable bonds is 8. The summed E-state index contributed by atoms with van der Waals surface area (Å²) in [7, 11) is 0. The van der Waals surface area contributed by atoms with Gasteiger partial charge in [-0.2, -0.15) is 0 Å². The van der Waals surface area contributed by atoms with E-state index >= 15 is 0 Å². The lowest BCUT2D eigenvalue weighted by atomic mass is 10.5. The SMILES string of the molecule is O=C(OCCC[Si](Cl)(Cl)Cl)OCCC[Si](Cl)(Cl)Cl. The van der Waals surface area contributed by atoms with E-state index < -0.39 is 18.2 Å². The number of ether oxygens (including phenoxy) is 2. The maximum absolute atomic E-state index is 11.1. The van der Waals surface area contributed by atoms with E-state index in [1.54, 1.807) is 0 Å². The summed E-state index contributed by atoms with van der Waals surface area (Å²) >= 11 is 33.9. The third-order valence-electron chi connectivity index (χ3n) is 1.65. The predicted molar refractivity (Wildman–Crippen MR) is 82.8 cm³/mol. The topological polar surface area (TPSA) is 35.5 Å². The third kappa shape index (κ3) is 15.5. The van der Waals surface area contributed by atoms with Crippen LogP contribution in [0.2, 0.25) is 12.1 Å². The average molecular weight is 413 g/mol. The summed E-state index contributed by atoms with van der Waals surface area (Å²) < 4.78 is 9.53. The van der Waals surface area contributed by atoms with Gasteiger partial charge in [-0.3, -0.25) is 0 Å². The summed E-state index contributed by atoms with van der Waals surface area (Å²) in [4.78, 5) is 11.1. The van der Waals surface area contributed by atoms with Gasteiger partial charge in [0.2, 0.25) is 0 Å². The second-order valence-corrected chi connectivity index (χ2v) is 21.9. The molecule has 3 nitrogen and oxygen atoms in total. The normalized spacial score (nSPS) is 12.3. The Balaban J connectivity index is 3.44. The van der Waals surface area contributed by atoms with Crippen LogP contribution in [-0.2, 0) is 9.47 Å². The Kier molecular flexibility index (Phi) is 10.1. The molecular formula is C7H12Cl6O3Si2. The average Bonchev–Trinajstić information content (AvgIpc) is 2.17. The van der Waals surface area contributed by atoms with E-state index in [1.807, 2.05) is 0 Å². The Morgan fingerprint density at radius 1 is 0.778 bits per heavy atom. The molecule has 0 bridgehead atoms. The summed E-state index contributed by atoms with van der Waals surface area (Å²) in [6.45, 7) is 0.331. The molecule has 0 saturated carbocycles. The monoisotopic (exact) mass is 410 g/mol. The Labute approximate surface area is 136 Å². The van der Waals surface area contributed by atoms with Crippen LogP contribution in [0.3, 0.4) is 0 Å². The fraction of sp³-hybridized carbons (Fsp3) is 0.857. The smallest absolute Gasteiger partial charge is 0.434 e. The van der Waals surface area contributed by atoms with Crippen molar-refractivity contribution in [3.8, 4) is 0 Å². The fourth-order valence-electron chi connectivity index (χ4n) is 0.898. The van der Waals surface area contributed by atoms with Gasteiger partial charge in [0.25, 0.3) is 0 Å². The minimum atomic E-state index is -2.64. The summed E-state index contributed by atoms with van der Waals surface area (Å²) in [6, 6.07) is -4.40. The highest BCUT2D eigenvalue weighted by Crippen LogP contribution is 2.27. The molecule has 0 aromatic heterocycles. The van der Waals surface area contributed by atoms with Gasteiger partial charge in [-0.15, -0.1) is 66.5 Å². The lowest BCUT2D eigenvalue weighted by molar-refractivity contribution is 0.0555. The van der Waals surface area contributed by atoms with Crippen LogP contribution in [0, 0.1) is 0 Å². The number of carbonyl (C=O) groups is 1. The molecule has 0 amide bonds. The van der Waals surface area contributed by atoms with Gasteiger partial charge in [-0.25, -0.2) is 4.79 Å². The summed E-state index contributed by atoms with van der Waals surface area (Å²) in [6.07, 6.45) is 0.240. The third-order valence-corrected chi connectivity index (χ3v) is 6.89. The Bertz CT molecular complexity index is 231. The summed E-state index contributed by atoms with van der Waals surface area (Å²) in [5.41, 5.74) is 0. The van der Waals surface area contributed by atoms with Crippen LogP contribution in [0.4, 0.5) is 4.79 Å². The first-order valence-electron chi connectivity index (χ1n) is 5.03. The number of carbonyl (C=O) groups excluding carboxylic acids is 1. The molecular weight excluding hydrogens is 401 g/mol. The van der Waals surface area contributed by atoms with Crippen molar-refractivity contribution >= 4 is 84.6 Å². The van der Waals surface area contributed by atoms with Gasteiger partial charge in [0.05, 0.1) is 13.2 Å². The van der Waals surface area contributed by atoms with Crippen LogP contribution in [-0.4, -0.2) is 31.4 Å². The molecule has 108 valence electrons. The second kappa shape index (κ2) is 9.39. The van der Waals surface area contributed by atoms with Crippen LogP contribution in [0.25, 0.3) is 0 Å². The van der Waals surface area contributed by atoms with Crippen LogP contribution >= 0.6 is 66.5 Å². The first-order valence-corrected chi connectivity index (χ1v) is 15.5. The van der Waals surface area contributed by atoms with E-state index in [0.29, 0.717) is 24.9 Å². The zero-order valence-electron chi connectivity index (χ0n) is 9.24. The summed E-state index contributed by atoms with van der Waals surface area (Å²) in [5.74, 6) is 0. The minimum absolute atomic E-state index is 0.166. The molecule has 0 aromatic carbocycles. The van der Waals surface area contributed by atoms with Crippen LogP contribution in [0.15, 0.2) is 0 Å². The van der Waals surface area contributed by atoms with Gasteiger partial charge < -0.3 is 9.47 Å². The summed E-state index contributed by atoms with van der Waals surface area (Å²) in [5, 5.41) is 0. The van der Waals surface area contributed by atoms with Crippen LogP contribution in [0.1, 0.15) is 12.8 Å². The lowest BCUT2D eigenvalue weighted by Gasteiger charge is -2.09. The van der Waals surface area contributed by atoms with E-state index in [1.165, 1.54) is 0 Å². The first-order chi connectivity index (χ1) is 8.10. The molecule has 0 aliphatic carbocycles. The van der Waals surface area contributed by atoms with Crippen LogP contribution < -0.4 is 0 Å². The molecule has 0 fully saturated rings. The zero-order chi connectivity index (χ0) is 14.2. The van der Waals surface area contributed by atoms with Crippen molar-refractivity contribution in [2.24, 2.45) is 0 Å². The van der Waals surface area contributed by atoms with Crippen molar-refractivity contribution in [3.05, 3.63) is 0 Å². The van der Waals surface area contributed by atoms with E-state index in [9.17, 15) is 4.79 Å². The van der Waals surface area contributed by atoms with Crippen molar-refractivity contribution in [3.63, 3.8) is 0 Å². The number of halogens is 6. The van der Waals surface area contributed by atoms with Crippen molar-refractivity contribution in [1.29, 1.82) is 0 Å². The predicted octanol–water partition coefficient (Wildman–Crippen LogP) is 5.23. The first kappa shape index (κ1) is 19.4. The van der Waals surface area contributed by atoms with Crippen molar-refractivity contribution in [2.75, 3.05) is 13.2 Å². The molecule has 0 aliphatic rings. The second-order valence-electron chi connectivity index (χ2n) is 3.38. The van der Waals surface area contributed by atoms with Crippen molar-refractivity contribution < 1.29 is 14.3 Å². The van der Waals surface area contributed by atoms with Crippen molar-refractivity contribution in [2.45, 2.75) is 24.9 Å². The number of hydrogen-bond acceptors (Lipinski definition) is 3. The van der Waals surface area contributed by atoms with E-state index in [-0.39, 0.29) is 13.2 Å². The van der Waals surface area contributed by atoms with Crippen LogP contribution in [0.5, 0.6) is 0 Å². The molecule has 0 rings (SSSR count). The molecule has 0 N–H and O–H groups in total. The Hall–Kier alpha value is 1.44. The standard InChI is InChI=1S/C7H12Cl6O3Si2/c8-17(9,10)5-1-3-15-7(14)16-4-2-6-18(11,12)13/h1-6H2. The molecule has 0 aliphatic heterocycles. The Morgan fingerprint density at radius 3 is 1.39 bits per heavy atom. The van der Waals surface area contributed by atoms with Gasteiger partial charge in [0.1, 0.15) is 0 Å². The largest absolute Gasteiger partial charge is 0.508 e. The molecule has 0 saturated heterocycles. The maximum Gasteiger partial charge on any atom is 0.508 e. The molecule has 11 heteroatoms. The Morgan fingerprint density at radius 2 is 1.11 bits per heavy atom. The molecule has 18 heavy (non-hydrogen) atoms. The van der Waals surface area contributed by atoms with E-state index in [4.69, 9.17) is 75.9 Å². The van der Waals surface area contributed by atoms with Gasteiger partial charge >= 0.3 is 18.2 Å². The lowest BCUT2D eigenvalue weighted by Crippen LogP contribution is -2.14. The molecule has 0 heterocycles. The molecule has 0 aromatic rings. The quantitative estimate of drug-likeness (QED) is 0.237. The number of hydrogen-bond donors (Lipinski definition) is 0. The molecule has 0 atom stereocenters. The molecule has 0 spiro atoms. The maximum atomic E-state index is 11.1. The van der Waals surface area contributed by atoms with Gasteiger partial charge in [-0.05, 0) is 24.9 Å².